The van der Waals surface area contributed by atoms with E-state index >= 15 is 0 Å². The molecule has 0 radical (unpaired) electrons. The molecule has 4 rings (SSSR count). The van der Waals surface area contributed by atoms with E-state index in [1.165, 1.54) is 38.5 Å². The van der Waals surface area contributed by atoms with Crippen molar-refractivity contribution >= 4 is 5.97 Å². The fraction of sp³-hybridized carbons (Fsp3) is 0.750. The first-order valence-electron chi connectivity index (χ1n) is 7.44. The maximum absolute atomic E-state index is 11.8. The lowest BCUT2D eigenvalue weighted by atomic mass is 9.49. The van der Waals surface area contributed by atoms with Crippen molar-refractivity contribution in [1.29, 1.82) is 5.26 Å². The number of carbonyl (C=O) groups is 1. The van der Waals surface area contributed by atoms with Gasteiger partial charge in [-0.2, -0.15) is 5.26 Å². The molecule has 0 aromatic rings. The van der Waals surface area contributed by atoms with Gasteiger partial charge in [-0.15, -0.1) is 0 Å². The quantitative estimate of drug-likeness (QED) is 0.444. The average Bonchev–Trinajstić information content (AvgIpc) is 2.34. The van der Waals surface area contributed by atoms with Crippen molar-refractivity contribution in [3.63, 3.8) is 0 Å². The molecule has 0 N–H and O–H groups in total. The standard InChI is InChI=1S/C16H21NO2/c1-2-19-15(18)14(10-17)9-16-6-11-3-12(7-16)5-13(4-11)8-16/h9,11-13H,2-8H2,1H3/b14-9-. The number of hydrogen-bond acceptors (Lipinski definition) is 3. The van der Waals surface area contributed by atoms with Crippen LogP contribution in [0.2, 0.25) is 0 Å². The summed E-state index contributed by atoms with van der Waals surface area (Å²) in [5.41, 5.74) is 0.343. The Balaban J connectivity index is 1.85. The minimum Gasteiger partial charge on any atom is -0.462 e. The number of hydrogen-bond donors (Lipinski definition) is 0. The van der Waals surface area contributed by atoms with Crippen LogP contribution in [0.3, 0.4) is 0 Å². The van der Waals surface area contributed by atoms with Gasteiger partial charge in [-0.3, -0.25) is 0 Å². The Bertz CT molecular complexity index is 423. The van der Waals surface area contributed by atoms with Crippen LogP contribution >= 0.6 is 0 Å². The molecule has 3 heteroatoms. The first-order valence-corrected chi connectivity index (χ1v) is 7.44. The average molecular weight is 259 g/mol. The Morgan fingerprint density at radius 1 is 1.26 bits per heavy atom. The SMILES string of the molecule is CCOC(=O)/C(C#N)=C\C12CC3CC(CC(C3)C1)C2. The number of allylic oxidation sites excluding steroid dienone is 1. The molecule has 0 aromatic heterocycles. The molecule has 0 atom stereocenters. The predicted octanol–water partition coefficient (Wildman–Crippen LogP) is 3.22. The van der Waals surface area contributed by atoms with Crippen molar-refractivity contribution in [2.24, 2.45) is 23.2 Å². The van der Waals surface area contributed by atoms with Crippen LogP contribution < -0.4 is 0 Å². The van der Waals surface area contributed by atoms with Gasteiger partial charge in [-0.05, 0) is 68.6 Å². The smallest absolute Gasteiger partial charge is 0.348 e. The highest BCUT2D eigenvalue weighted by atomic mass is 16.5. The van der Waals surface area contributed by atoms with E-state index in [0.29, 0.717) is 6.61 Å². The van der Waals surface area contributed by atoms with Crippen LogP contribution in [0.5, 0.6) is 0 Å². The van der Waals surface area contributed by atoms with Gasteiger partial charge in [-0.1, -0.05) is 6.08 Å². The van der Waals surface area contributed by atoms with E-state index in [1.54, 1.807) is 6.92 Å². The second-order valence-corrected chi connectivity index (χ2v) is 6.67. The van der Waals surface area contributed by atoms with Gasteiger partial charge in [0, 0.05) is 0 Å². The number of carbonyl (C=O) groups excluding carboxylic acids is 1. The van der Waals surface area contributed by atoms with Crippen LogP contribution in [0.15, 0.2) is 11.6 Å². The molecule has 0 saturated heterocycles. The largest absolute Gasteiger partial charge is 0.462 e. The molecule has 0 aliphatic heterocycles. The fourth-order valence-corrected chi connectivity index (χ4v) is 5.01. The minimum atomic E-state index is -0.444. The van der Waals surface area contributed by atoms with Gasteiger partial charge in [0.15, 0.2) is 0 Å². The van der Waals surface area contributed by atoms with E-state index in [-0.39, 0.29) is 11.0 Å². The molecule has 4 bridgehead atoms. The van der Waals surface area contributed by atoms with Crippen molar-refractivity contribution in [2.45, 2.75) is 45.4 Å². The van der Waals surface area contributed by atoms with E-state index in [9.17, 15) is 10.1 Å². The number of rotatable bonds is 3. The topological polar surface area (TPSA) is 50.1 Å². The monoisotopic (exact) mass is 259 g/mol. The van der Waals surface area contributed by atoms with Crippen LogP contribution in [0, 0.1) is 34.5 Å². The normalized spacial score (nSPS) is 40.0. The van der Waals surface area contributed by atoms with E-state index in [1.807, 2.05) is 12.1 Å². The van der Waals surface area contributed by atoms with Gasteiger partial charge in [-0.25, -0.2) is 4.79 Å². The zero-order valence-electron chi connectivity index (χ0n) is 11.5. The molecule has 4 aliphatic rings. The number of ether oxygens (including phenoxy) is 1. The summed E-state index contributed by atoms with van der Waals surface area (Å²) in [7, 11) is 0. The van der Waals surface area contributed by atoms with E-state index in [4.69, 9.17) is 4.74 Å². The van der Waals surface area contributed by atoms with Crippen LogP contribution in [-0.2, 0) is 9.53 Å². The summed E-state index contributed by atoms with van der Waals surface area (Å²) in [5.74, 6) is 2.03. The summed E-state index contributed by atoms with van der Waals surface area (Å²) in [6.45, 7) is 2.11. The number of nitrogens with zero attached hydrogens (tertiary/aromatic N) is 1. The van der Waals surface area contributed by atoms with Crippen LogP contribution in [0.25, 0.3) is 0 Å². The maximum Gasteiger partial charge on any atom is 0.348 e. The zero-order valence-corrected chi connectivity index (χ0v) is 11.5. The molecule has 3 nitrogen and oxygen atoms in total. The molecule has 0 amide bonds. The molecule has 19 heavy (non-hydrogen) atoms. The molecule has 4 aliphatic carbocycles. The third kappa shape index (κ3) is 2.29. The van der Waals surface area contributed by atoms with Gasteiger partial charge in [0.2, 0.25) is 0 Å². The summed E-state index contributed by atoms with van der Waals surface area (Å²) < 4.78 is 4.98. The first-order chi connectivity index (χ1) is 9.14. The number of esters is 1. The van der Waals surface area contributed by atoms with Crippen LogP contribution in [-0.4, -0.2) is 12.6 Å². The second-order valence-electron chi connectivity index (χ2n) is 6.67. The molecule has 0 spiro atoms. The first kappa shape index (κ1) is 12.7. The molecular formula is C16H21NO2. The zero-order chi connectivity index (χ0) is 13.5. The third-order valence-corrected chi connectivity index (χ3v) is 5.15. The Morgan fingerprint density at radius 3 is 2.21 bits per heavy atom. The highest BCUT2D eigenvalue weighted by Gasteiger charge is 2.50. The molecule has 4 saturated carbocycles. The molecule has 0 unspecified atom stereocenters. The van der Waals surface area contributed by atoms with Crippen molar-refractivity contribution in [2.75, 3.05) is 6.61 Å². The highest BCUT2D eigenvalue weighted by molar-refractivity contribution is 5.92. The van der Waals surface area contributed by atoms with Crippen LogP contribution in [0.4, 0.5) is 0 Å². The van der Waals surface area contributed by atoms with Gasteiger partial charge in [0.1, 0.15) is 11.6 Å². The third-order valence-electron chi connectivity index (χ3n) is 5.15. The Labute approximate surface area is 114 Å². The van der Waals surface area contributed by atoms with Gasteiger partial charge >= 0.3 is 5.97 Å². The highest BCUT2D eigenvalue weighted by Crippen LogP contribution is 2.60. The lowest BCUT2D eigenvalue weighted by Crippen LogP contribution is -2.45. The van der Waals surface area contributed by atoms with Gasteiger partial charge < -0.3 is 4.74 Å². The van der Waals surface area contributed by atoms with Crippen LogP contribution in [0.1, 0.15) is 45.4 Å². The summed E-state index contributed by atoms with van der Waals surface area (Å²) in [6.07, 6.45) is 9.59. The summed E-state index contributed by atoms with van der Waals surface area (Å²) >= 11 is 0. The molecule has 4 fully saturated rings. The summed E-state index contributed by atoms with van der Waals surface area (Å²) in [5, 5.41) is 9.21. The van der Waals surface area contributed by atoms with E-state index in [0.717, 1.165) is 17.8 Å². The predicted molar refractivity (Wildman–Crippen MR) is 70.9 cm³/mol. The maximum atomic E-state index is 11.8. The molecule has 0 heterocycles. The van der Waals surface area contributed by atoms with Gasteiger partial charge in [0.05, 0.1) is 6.61 Å². The lowest BCUT2D eigenvalue weighted by Gasteiger charge is -2.55. The summed E-state index contributed by atoms with van der Waals surface area (Å²) in [6, 6.07) is 2.05. The molecule has 102 valence electrons. The Morgan fingerprint density at radius 2 is 1.79 bits per heavy atom. The molecule has 0 aromatic carbocycles. The van der Waals surface area contributed by atoms with Crippen molar-refractivity contribution in [3.05, 3.63) is 11.6 Å². The van der Waals surface area contributed by atoms with E-state index in [2.05, 4.69) is 0 Å². The fourth-order valence-electron chi connectivity index (χ4n) is 5.01. The minimum absolute atomic E-state index is 0.118. The van der Waals surface area contributed by atoms with Gasteiger partial charge in [0.25, 0.3) is 0 Å². The Kier molecular flexibility index (Phi) is 3.12. The molecular weight excluding hydrogens is 238 g/mol. The summed E-state index contributed by atoms with van der Waals surface area (Å²) in [4.78, 5) is 11.8. The van der Waals surface area contributed by atoms with E-state index < -0.39 is 5.97 Å². The lowest BCUT2D eigenvalue weighted by molar-refractivity contribution is -0.138. The van der Waals surface area contributed by atoms with Crippen molar-refractivity contribution < 1.29 is 9.53 Å². The Hall–Kier alpha value is -1.30. The van der Waals surface area contributed by atoms with Crippen molar-refractivity contribution in [3.8, 4) is 6.07 Å². The second kappa shape index (κ2) is 4.67. The van der Waals surface area contributed by atoms with Crippen molar-refractivity contribution in [1.82, 2.24) is 0 Å². The number of nitriles is 1.